The Labute approximate surface area is 118 Å². The molecule has 5 rings (SSSR count). The topological polar surface area (TPSA) is 15.3 Å². The van der Waals surface area contributed by atoms with Gasteiger partial charge in [0, 0.05) is 5.54 Å². The lowest BCUT2D eigenvalue weighted by atomic mass is 9.53. The summed E-state index contributed by atoms with van der Waals surface area (Å²) in [5.74, 6) is 4.19. The zero-order valence-electron chi connectivity index (χ0n) is 12.5. The lowest BCUT2D eigenvalue weighted by Crippen LogP contribution is -2.59. The minimum absolute atomic E-state index is 0.581. The van der Waals surface area contributed by atoms with Gasteiger partial charge in [-0.2, -0.15) is 0 Å². The summed E-state index contributed by atoms with van der Waals surface area (Å²) in [6.45, 7) is 3.93. The number of hydrogen-bond acceptors (Lipinski definition) is 2. The number of likely N-dealkylation sites (tertiary alicyclic amines) is 1. The van der Waals surface area contributed by atoms with E-state index in [4.69, 9.17) is 0 Å². The quantitative estimate of drug-likeness (QED) is 0.841. The summed E-state index contributed by atoms with van der Waals surface area (Å²) >= 11 is 0. The predicted molar refractivity (Wildman–Crippen MR) is 79.1 cm³/mol. The first-order valence-electron chi connectivity index (χ1n) is 8.64. The van der Waals surface area contributed by atoms with Crippen LogP contribution in [0.3, 0.4) is 0 Å². The third kappa shape index (κ3) is 2.47. The first-order chi connectivity index (χ1) is 9.21. The predicted octanol–water partition coefficient (Wildman–Crippen LogP) is 2.89. The molecule has 0 atom stereocenters. The molecule has 1 N–H and O–H groups in total. The third-order valence-corrected chi connectivity index (χ3v) is 6.64. The second-order valence-corrected chi connectivity index (χ2v) is 8.33. The monoisotopic (exact) mass is 262 g/mol. The fraction of sp³-hybridized carbons (Fsp3) is 1.00. The molecule has 1 aliphatic heterocycles. The highest BCUT2D eigenvalue weighted by Gasteiger charge is 2.50. The molecular formula is C17H30N2. The average molecular weight is 262 g/mol. The van der Waals surface area contributed by atoms with Gasteiger partial charge in [0.15, 0.2) is 0 Å². The van der Waals surface area contributed by atoms with E-state index in [0.29, 0.717) is 5.54 Å². The molecule has 19 heavy (non-hydrogen) atoms. The minimum atomic E-state index is 0.581. The first kappa shape index (κ1) is 12.6. The molecule has 0 aromatic rings. The molecule has 0 unspecified atom stereocenters. The SMILES string of the molecule is CN1CCC(CNC23CC4CC(CC(C4)C2)C3)CC1. The molecule has 4 aliphatic carbocycles. The summed E-state index contributed by atoms with van der Waals surface area (Å²) in [4.78, 5) is 2.49. The van der Waals surface area contributed by atoms with Gasteiger partial charge >= 0.3 is 0 Å². The highest BCUT2D eigenvalue weighted by Crippen LogP contribution is 2.55. The fourth-order valence-corrected chi connectivity index (χ4v) is 5.95. The van der Waals surface area contributed by atoms with E-state index in [9.17, 15) is 0 Å². The van der Waals surface area contributed by atoms with Crippen LogP contribution in [0.4, 0.5) is 0 Å². The summed E-state index contributed by atoms with van der Waals surface area (Å²) < 4.78 is 0. The summed E-state index contributed by atoms with van der Waals surface area (Å²) in [7, 11) is 2.27. The summed E-state index contributed by atoms with van der Waals surface area (Å²) in [5, 5.41) is 4.09. The number of nitrogens with one attached hydrogen (secondary N) is 1. The van der Waals surface area contributed by atoms with E-state index >= 15 is 0 Å². The molecule has 0 amide bonds. The molecule has 1 saturated heterocycles. The average Bonchev–Trinajstić information content (AvgIpc) is 2.36. The molecule has 108 valence electrons. The Hall–Kier alpha value is -0.0800. The van der Waals surface area contributed by atoms with Gasteiger partial charge in [-0.25, -0.2) is 0 Å². The van der Waals surface area contributed by atoms with Crippen LogP contribution >= 0.6 is 0 Å². The highest BCUT2D eigenvalue weighted by molar-refractivity contribution is 5.06. The van der Waals surface area contributed by atoms with Gasteiger partial charge in [-0.15, -0.1) is 0 Å². The van der Waals surface area contributed by atoms with Gasteiger partial charge in [-0.1, -0.05) is 0 Å². The zero-order valence-corrected chi connectivity index (χ0v) is 12.5. The maximum Gasteiger partial charge on any atom is 0.0189 e. The largest absolute Gasteiger partial charge is 0.311 e. The number of rotatable bonds is 3. The Balaban J connectivity index is 1.35. The van der Waals surface area contributed by atoms with E-state index < -0.39 is 0 Å². The van der Waals surface area contributed by atoms with Crippen LogP contribution in [0.2, 0.25) is 0 Å². The van der Waals surface area contributed by atoms with Crippen LogP contribution < -0.4 is 5.32 Å². The minimum Gasteiger partial charge on any atom is -0.311 e. The molecule has 0 aromatic heterocycles. The van der Waals surface area contributed by atoms with Crippen molar-refractivity contribution >= 4 is 0 Å². The first-order valence-corrected chi connectivity index (χ1v) is 8.64. The Morgan fingerprint density at radius 2 is 1.47 bits per heavy atom. The molecule has 2 heteroatoms. The van der Waals surface area contributed by atoms with Gasteiger partial charge in [-0.3, -0.25) is 0 Å². The van der Waals surface area contributed by atoms with Crippen LogP contribution in [0.15, 0.2) is 0 Å². The molecule has 5 aliphatic rings. The maximum atomic E-state index is 4.09. The third-order valence-electron chi connectivity index (χ3n) is 6.64. The zero-order chi connectivity index (χ0) is 12.9. The molecule has 5 fully saturated rings. The Morgan fingerprint density at radius 1 is 0.947 bits per heavy atom. The molecule has 0 radical (unpaired) electrons. The molecule has 0 aromatic carbocycles. The molecule has 0 spiro atoms. The van der Waals surface area contributed by atoms with Gasteiger partial charge in [0.25, 0.3) is 0 Å². The van der Waals surface area contributed by atoms with Crippen molar-refractivity contribution in [2.24, 2.45) is 23.7 Å². The van der Waals surface area contributed by atoms with Crippen LogP contribution in [0, 0.1) is 23.7 Å². The van der Waals surface area contributed by atoms with Gasteiger partial charge in [-0.05, 0) is 102 Å². The molecular weight excluding hydrogens is 232 g/mol. The van der Waals surface area contributed by atoms with Crippen molar-refractivity contribution in [2.45, 2.75) is 56.9 Å². The second kappa shape index (κ2) is 4.73. The Bertz CT molecular complexity index is 295. The normalized spacial score (nSPS) is 46.9. The van der Waals surface area contributed by atoms with Crippen molar-refractivity contribution in [3.8, 4) is 0 Å². The van der Waals surface area contributed by atoms with E-state index in [-0.39, 0.29) is 0 Å². The maximum absolute atomic E-state index is 4.09. The molecule has 4 saturated carbocycles. The number of hydrogen-bond donors (Lipinski definition) is 1. The highest BCUT2D eigenvalue weighted by atomic mass is 15.1. The van der Waals surface area contributed by atoms with Crippen molar-refractivity contribution in [1.82, 2.24) is 10.2 Å². The van der Waals surface area contributed by atoms with Gasteiger partial charge in [0.2, 0.25) is 0 Å². The van der Waals surface area contributed by atoms with Crippen LogP contribution in [-0.2, 0) is 0 Å². The molecule has 2 nitrogen and oxygen atoms in total. The van der Waals surface area contributed by atoms with Gasteiger partial charge < -0.3 is 10.2 Å². The van der Waals surface area contributed by atoms with Crippen LogP contribution in [0.25, 0.3) is 0 Å². The van der Waals surface area contributed by atoms with E-state index in [0.717, 1.165) is 23.7 Å². The lowest BCUT2D eigenvalue weighted by Gasteiger charge is -2.57. The standard InChI is InChI=1S/C17H30N2/c1-19-4-2-13(3-5-19)12-18-17-9-14-6-15(10-17)8-16(7-14)11-17/h13-16,18H,2-12H2,1H3. The van der Waals surface area contributed by atoms with Crippen molar-refractivity contribution in [1.29, 1.82) is 0 Å². The van der Waals surface area contributed by atoms with E-state index in [1.165, 1.54) is 51.7 Å². The van der Waals surface area contributed by atoms with Crippen molar-refractivity contribution in [3.63, 3.8) is 0 Å². The van der Waals surface area contributed by atoms with E-state index in [1.54, 1.807) is 19.3 Å². The number of piperidine rings is 1. The second-order valence-electron chi connectivity index (χ2n) is 8.33. The Morgan fingerprint density at radius 3 is 2.00 bits per heavy atom. The Kier molecular flexibility index (Phi) is 3.15. The van der Waals surface area contributed by atoms with Crippen molar-refractivity contribution in [3.05, 3.63) is 0 Å². The fourth-order valence-electron chi connectivity index (χ4n) is 5.95. The van der Waals surface area contributed by atoms with Crippen LogP contribution in [0.1, 0.15) is 51.4 Å². The van der Waals surface area contributed by atoms with Gasteiger partial charge in [0.1, 0.15) is 0 Å². The van der Waals surface area contributed by atoms with Gasteiger partial charge in [0.05, 0.1) is 0 Å². The summed E-state index contributed by atoms with van der Waals surface area (Å²) in [5.41, 5.74) is 0.581. The molecule has 4 bridgehead atoms. The lowest BCUT2D eigenvalue weighted by molar-refractivity contribution is -0.0223. The molecule has 1 heterocycles. The van der Waals surface area contributed by atoms with Crippen molar-refractivity contribution < 1.29 is 0 Å². The smallest absolute Gasteiger partial charge is 0.0189 e. The summed E-state index contributed by atoms with van der Waals surface area (Å²) in [6.07, 6.45) is 12.0. The number of nitrogens with zero attached hydrogens (tertiary/aromatic N) is 1. The van der Waals surface area contributed by atoms with Crippen molar-refractivity contribution in [2.75, 3.05) is 26.7 Å². The van der Waals surface area contributed by atoms with E-state index in [1.807, 2.05) is 0 Å². The summed E-state index contributed by atoms with van der Waals surface area (Å²) in [6, 6.07) is 0. The van der Waals surface area contributed by atoms with E-state index in [2.05, 4.69) is 17.3 Å². The van der Waals surface area contributed by atoms with Crippen LogP contribution in [-0.4, -0.2) is 37.1 Å². The van der Waals surface area contributed by atoms with Crippen LogP contribution in [0.5, 0.6) is 0 Å².